The minimum absolute atomic E-state index is 0.255. The van der Waals surface area contributed by atoms with E-state index in [1.807, 2.05) is 18.5 Å². The summed E-state index contributed by atoms with van der Waals surface area (Å²) in [5.74, 6) is 0. The second-order valence-electron chi connectivity index (χ2n) is 10.8. The number of nitrogens with one attached hydrogen (secondary N) is 1. The third-order valence-corrected chi connectivity index (χ3v) is 8.80. The van der Waals surface area contributed by atoms with Gasteiger partial charge in [-0.2, -0.15) is 0 Å². The molecule has 33 heavy (non-hydrogen) atoms. The van der Waals surface area contributed by atoms with E-state index < -0.39 is 8.07 Å². The third-order valence-electron chi connectivity index (χ3n) is 7.10. The highest BCUT2D eigenvalue weighted by Crippen LogP contribution is 2.39. The molecule has 1 N–H and O–H groups in total. The summed E-state index contributed by atoms with van der Waals surface area (Å²) >= 11 is 0. The van der Waals surface area contributed by atoms with Gasteiger partial charge >= 0.3 is 0 Å². The van der Waals surface area contributed by atoms with Crippen molar-refractivity contribution >= 4 is 24.8 Å². The smallest absolute Gasteiger partial charge is 0.144 e. The molecule has 3 aromatic rings. The van der Waals surface area contributed by atoms with Crippen LogP contribution in [0.3, 0.4) is 0 Å². The summed E-state index contributed by atoms with van der Waals surface area (Å²) < 4.78 is 8.25. The fourth-order valence-corrected chi connectivity index (χ4v) is 5.96. The van der Waals surface area contributed by atoms with Gasteiger partial charge < -0.3 is 19.5 Å². The van der Waals surface area contributed by atoms with Gasteiger partial charge in [-0.3, -0.25) is 0 Å². The molecule has 2 aliphatic heterocycles. The number of aromatic nitrogens is 4. The number of pyridine rings is 1. The van der Waals surface area contributed by atoms with Crippen LogP contribution >= 0.6 is 0 Å². The van der Waals surface area contributed by atoms with Crippen LogP contribution in [0.2, 0.25) is 25.7 Å². The van der Waals surface area contributed by atoms with Crippen molar-refractivity contribution < 1.29 is 4.74 Å². The predicted molar refractivity (Wildman–Crippen MR) is 136 cm³/mol. The first-order chi connectivity index (χ1) is 15.9. The van der Waals surface area contributed by atoms with Gasteiger partial charge in [0.1, 0.15) is 18.7 Å². The zero-order valence-electron chi connectivity index (χ0n) is 20.2. The maximum Gasteiger partial charge on any atom is 0.144 e. The molecule has 0 radical (unpaired) electrons. The Hall–Kier alpha value is -2.29. The SMILES string of the molecule is C[Si](C)(C)CCOCn1cc(-c2ccncn2)c2c(N3CCC4(CCCCN4)C3)ccnc21. The molecule has 0 bridgehead atoms. The van der Waals surface area contributed by atoms with Gasteiger partial charge in [0, 0.05) is 57.5 Å². The Morgan fingerprint density at radius 3 is 2.79 bits per heavy atom. The van der Waals surface area contributed by atoms with Crippen LogP contribution in [0.4, 0.5) is 5.69 Å². The molecule has 5 heterocycles. The number of fused-ring (bicyclic) bond motifs is 1. The average Bonchev–Trinajstić information content (AvgIpc) is 3.39. The van der Waals surface area contributed by atoms with Crippen LogP contribution < -0.4 is 10.2 Å². The highest BCUT2D eigenvalue weighted by atomic mass is 28.3. The molecule has 0 aliphatic carbocycles. The molecule has 3 aromatic heterocycles. The number of anilines is 1. The molecule has 0 amide bonds. The average molecular weight is 465 g/mol. The van der Waals surface area contributed by atoms with Crippen molar-refractivity contribution in [3.63, 3.8) is 0 Å². The lowest BCUT2D eigenvalue weighted by atomic mass is 9.88. The van der Waals surface area contributed by atoms with Gasteiger partial charge in [-0.1, -0.05) is 26.1 Å². The lowest BCUT2D eigenvalue weighted by molar-refractivity contribution is 0.0899. The molecule has 1 spiro atoms. The van der Waals surface area contributed by atoms with E-state index in [-0.39, 0.29) is 5.54 Å². The van der Waals surface area contributed by atoms with E-state index in [2.05, 4.69) is 56.7 Å². The lowest BCUT2D eigenvalue weighted by Gasteiger charge is -2.35. The van der Waals surface area contributed by atoms with Gasteiger partial charge in [0.05, 0.1) is 16.8 Å². The van der Waals surface area contributed by atoms with Crippen molar-refractivity contribution in [2.45, 2.75) is 63.6 Å². The highest BCUT2D eigenvalue weighted by molar-refractivity contribution is 6.76. The number of hydrogen-bond acceptors (Lipinski definition) is 6. The van der Waals surface area contributed by atoms with Crippen molar-refractivity contribution in [1.29, 1.82) is 0 Å². The van der Waals surface area contributed by atoms with Gasteiger partial charge in [0.15, 0.2) is 0 Å². The molecule has 2 aliphatic rings. The number of piperidine rings is 1. The largest absolute Gasteiger partial charge is 0.369 e. The molecular formula is C25H36N6OSi. The van der Waals surface area contributed by atoms with Crippen LogP contribution in [0.25, 0.3) is 22.3 Å². The van der Waals surface area contributed by atoms with E-state index in [1.54, 1.807) is 6.33 Å². The Kier molecular flexibility index (Phi) is 6.24. The van der Waals surface area contributed by atoms with E-state index in [0.29, 0.717) is 6.73 Å². The van der Waals surface area contributed by atoms with Crippen LogP contribution in [-0.2, 0) is 11.5 Å². The van der Waals surface area contributed by atoms with E-state index in [0.717, 1.165) is 54.6 Å². The van der Waals surface area contributed by atoms with E-state index in [1.165, 1.54) is 31.4 Å². The van der Waals surface area contributed by atoms with Crippen molar-refractivity contribution in [3.05, 3.63) is 37.1 Å². The number of ether oxygens (including phenoxy) is 1. The fourth-order valence-electron chi connectivity index (χ4n) is 5.20. The fraction of sp³-hybridized carbons (Fsp3) is 0.560. The monoisotopic (exact) mass is 464 g/mol. The second kappa shape index (κ2) is 9.16. The Bertz CT molecular complexity index is 1090. The van der Waals surface area contributed by atoms with Gasteiger partial charge in [-0.15, -0.1) is 0 Å². The van der Waals surface area contributed by atoms with Gasteiger partial charge in [0.25, 0.3) is 0 Å². The minimum Gasteiger partial charge on any atom is -0.369 e. The Balaban J connectivity index is 1.49. The number of nitrogens with zero attached hydrogens (tertiary/aromatic N) is 5. The van der Waals surface area contributed by atoms with Crippen LogP contribution in [0.1, 0.15) is 25.7 Å². The van der Waals surface area contributed by atoms with E-state index >= 15 is 0 Å². The quantitative estimate of drug-likeness (QED) is 0.409. The molecule has 1 unspecified atom stereocenters. The first-order valence-corrected chi connectivity index (χ1v) is 16.0. The maximum atomic E-state index is 6.11. The van der Waals surface area contributed by atoms with Crippen molar-refractivity contribution in [1.82, 2.24) is 24.8 Å². The minimum atomic E-state index is -1.12. The summed E-state index contributed by atoms with van der Waals surface area (Å²) in [4.78, 5) is 16.0. The standard InChI is InChI=1S/C25H36N6OSi/c1-33(2,3)15-14-32-19-31-16-20(21-6-11-26-18-28-21)23-22(7-12-27-24(23)31)30-13-9-25(17-30)8-4-5-10-29-25/h6-7,11-12,16,18,29H,4-5,8-10,13-15,17,19H2,1-3H3. The van der Waals surface area contributed by atoms with Crippen LogP contribution in [0.15, 0.2) is 37.1 Å². The van der Waals surface area contributed by atoms with Gasteiger partial charge in [0.2, 0.25) is 0 Å². The molecule has 2 fully saturated rings. The summed E-state index contributed by atoms with van der Waals surface area (Å²) in [6.45, 7) is 11.7. The van der Waals surface area contributed by atoms with E-state index in [9.17, 15) is 0 Å². The summed E-state index contributed by atoms with van der Waals surface area (Å²) in [7, 11) is -1.12. The zero-order valence-corrected chi connectivity index (χ0v) is 21.2. The molecular weight excluding hydrogens is 428 g/mol. The second-order valence-corrected chi connectivity index (χ2v) is 16.4. The van der Waals surface area contributed by atoms with E-state index in [4.69, 9.17) is 9.72 Å². The molecule has 176 valence electrons. The highest BCUT2D eigenvalue weighted by Gasteiger charge is 2.39. The zero-order chi connectivity index (χ0) is 22.9. The molecule has 1 atom stereocenters. The molecule has 5 rings (SSSR count). The molecule has 2 saturated heterocycles. The Morgan fingerprint density at radius 2 is 2.03 bits per heavy atom. The summed E-state index contributed by atoms with van der Waals surface area (Å²) in [6.07, 6.45) is 12.6. The Morgan fingerprint density at radius 1 is 1.12 bits per heavy atom. The lowest BCUT2D eigenvalue weighted by Crippen LogP contribution is -2.50. The van der Waals surface area contributed by atoms with Crippen LogP contribution in [-0.4, -0.2) is 59.4 Å². The summed E-state index contributed by atoms with van der Waals surface area (Å²) in [5, 5.41) is 5.01. The van der Waals surface area contributed by atoms with Crippen LogP contribution in [0.5, 0.6) is 0 Å². The Labute approximate surface area is 197 Å². The first kappa shape index (κ1) is 22.5. The molecule has 0 saturated carbocycles. The van der Waals surface area contributed by atoms with Crippen molar-refractivity contribution in [2.24, 2.45) is 0 Å². The van der Waals surface area contributed by atoms with Crippen molar-refractivity contribution in [2.75, 3.05) is 31.1 Å². The maximum absolute atomic E-state index is 6.11. The van der Waals surface area contributed by atoms with Crippen molar-refractivity contribution in [3.8, 4) is 11.3 Å². The molecule has 8 heteroatoms. The summed E-state index contributed by atoms with van der Waals surface area (Å²) in [5.41, 5.74) is 4.49. The number of rotatable bonds is 7. The molecule has 7 nitrogen and oxygen atoms in total. The first-order valence-electron chi connectivity index (χ1n) is 12.3. The summed E-state index contributed by atoms with van der Waals surface area (Å²) in [6, 6.07) is 5.31. The van der Waals surface area contributed by atoms with Gasteiger partial charge in [-0.05, 0) is 44.0 Å². The number of hydrogen-bond donors (Lipinski definition) is 1. The normalized spacial score (nSPS) is 21.4. The van der Waals surface area contributed by atoms with Gasteiger partial charge in [-0.25, -0.2) is 15.0 Å². The molecule has 0 aromatic carbocycles. The third kappa shape index (κ3) is 4.83. The predicted octanol–water partition coefficient (Wildman–Crippen LogP) is 4.53. The topological polar surface area (TPSA) is 68.1 Å². The van der Waals surface area contributed by atoms with Crippen LogP contribution in [0, 0.1) is 0 Å².